The molecule has 0 aromatic carbocycles. The first-order chi connectivity index (χ1) is 36.5. The van der Waals surface area contributed by atoms with Gasteiger partial charge in [-0.1, -0.05) is 71.1 Å². The number of cyclic esters (lactones) is 1. The number of amides is 4. The number of methoxy groups -OCH3 is 2. The zero-order valence-corrected chi connectivity index (χ0v) is 46.8. The molecule has 0 aromatic rings. The lowest BCUT2D eigenvalue weighted by atomic mass is 9.78. The Balaban J connectivity index is 1.31. The molecule has 0 aromatic heterocycles. The number of ether oxygens (including phenoxy) is 5. The van der Waals surface area contributed by atoms with Crippen LogP contribution in [0, 0.1) is 35.5 Å². The Morgan fingerprint density at radius 1 is 0.831 bits per heavy atom. The summed E-state index contributed by atoms with van der Waals surface area (Å²) in [5.74, 6) is -9.16. The van der Waals surface area contributed by atoms with Gasteiger partial charge in [0, 0.05) is 64.3 Å². The number of carbonyl (C=O) groups is 7. The number of nitrogens with zero attached hydrogens (tertiary/aromatic N) is 3. The average Bonchev–Trinajstić information content (AvgIpc) is 3.95. The second kappa shape index (κ2) is 27.6. The molecule has 6 rings (SSSR count). The molecule has 0 radical (unpaired) electrons. The molecule has 5 fully saturated rings. The van der Waals surface area contributed by atoms with Crippen molar-refractivity contribution in [3.63, 3.8) is 0 Å². The third-order valence-electron chi connectivity index (χ3n) is 17.2. The van der Waals surface area contributed by atoms with Gasteiger partial charge in [0.1, 0.15) is 36.2 Å². The summed E-state index contributed by atoms with van der Waals surface area (Å²) in [6, 6.07) is -2.46. The SMILES string of the molecule is CO[C@@H]1C[C@H](C[C@@H](C)[C@@H]2CC(=O)[C@H](C)/C=C(\C)[C@@H](O)[C@@H](OC)C(=O)[C@H](C)C[C@H](C)/C=C/C=C/C=C(\C)[C@@H](O[C@@H]3C[C@H]4C(=O)N(CCO)C(=O)N4C3)C[C@@H]3CC[C@@H](C)[C@@](O)(O3)C(=O)C(=O)N3CCCC[C@H]3C(=O)O2)CC[C@H]1O. The van der Waals surface area contributed by atoms with Crippen molar-refractivity contribution in [1.82, 2.24) is 14.7 Å². The third-order valence-corrected chi connectivity index (χ3v) is 17.2. The predicted octanol–water partition coefficient (Wildman–Crippen LogP) is 4.95. The van der Waals surface area contributed by atoms with E-state index in [0.29, 0.717) is 63.4 Å². The number of fused-ring (bicyclic) bond motifs is 4. The number of hydrogen-bond acceptors (Lipinski definition) is 16. The summed E-state index contributed by atoms with van der Waals surface area (Å²) < 4.78 is 30.5. The van der Waals surface area contributed by atoms with E-state index >= 15 is 0 Å². The van der Waals surface area contributed by atoms with Gasteiger partial charge >= 0.3 is 12.0 Å². The number of esters is 1. The van der Waals surface area contributed by atoms with Crippen LogP contribution in [0.2, 0.25) is 0 Å². The Labute approximate surface area is 454 Å². The van der Waals surface area contributed by atoms with Crippen LogP contribution in [0.3, 0.4) is 0 Å². The summed E-state index contributed by atoms with van der Waals surface area (Å²) >= 11 is 0. The number of urea groups is 1. The monoisotopic (exact) mass is 1080 g/mol. The van der Waals surface area contributed by atoms with Crippen LogP contribution in [-0.2, 0) is 52.5 Å². The number of piperidine rings is 1. The minimum absolute atomic E-state index is 0.0249. The van der Waals surface area contributed by atoms with E-state index in [9.17, 15) is 54.0 Å². The van der Waals surface area contributed by atoms with Crippen LogP contribution in [0.15, 0.2) is 47.6 Å². The quantitative estimate of drug-likeness (QED) is 0.103. The van der Waals surface area contributed by atoms with Gasteiger partial charge in [0.05, 0.1) is 43.7 Å². The molecular formula is C58H87N3O16. The Bertz CT molecular complexity index is 2220. The van der Waals surface area contributed by atoms with Gasteiger partial charge in [0.2, 0.25) is 5.79 Å². The Hall–Kier alpha value is -4.47. The number of β-amino-alcohol motifs (C(OH)–C–C–N with tert-alkyl or cyclic N) is 1. The molecule has 17 atom stereocenters. The highest BCUT2D eigenvalue weighted by Gasteiger charge is 2.54. The molecule has 19 heteroatoms. The fourth-order valence-electron chi connectivity index (χ4n) is 12.3. The number of carbonyl (C=O) groups excluding carboxylic acids is 7. The van der Waals surface area contributed by atoms with Crippen molar-refractivity contribution >= 4 is 41.2 Å². The van der Waals surface area contributed by atoms with Crippen molar-refractivity contribution in [3.8, 4) is 0 Å². The van der Waals surface area contributed by atoms with Gasteiger partial charge in [0.15, 0.2) is 5.78 Å². The lowest BCUT2D eigenvalue weighted by Gasteiger charge is -2.43. The van der Waals surface area contributed by atoms with Crippen LogP contribution >= 0.6 is 0 Å². The van der Waals surface area contributed by atoms with E-state index in [2.05, 4.69) is 0 Å². The molecular weight excluding hydrogens is 995 g/mol. The van der Waals surface area contributed by atoms with Gasteiger partial charge in [-0.15, -0.1) is 0 Å². The Kier molecular flexibility index (Phi) is 22.1. The minimum atomic E-state index is -2.57. The number of hydrogen-bond donors (Lipinski definition) is 4. The molecule has 5 heterocycles. The largest absolute Gasteiger partial charge is 0.460 e. The van der Waals surface area contributed by atoms with E-state index in [-0.39, 0.29) is 87.3 Å². The van der Waals surface area contributed by atoms with Crippen molar-refractivity contribution in [2.24, 2.45) is 35.5 Å². The number of ketones is 3. The smallest absolute Gasteiger partial charge is 0.329 e. The maximum Gasteiger partial charge on any atom is 0.329 e. The Morgan fingerprint density at radius 2 is 1.57 bits per heavy atom. The van der Waals surface area contributed by atoms with Crippen LogP contribution in [-0.4, -0.2) is 183 Å². The van der Waals surface area contributed by atoms with Crippen LogP contribution in [0.5, 0.6) is 0 Å². The van der Waals surface area contributed by atoms with E-state index in [1.807, 2.05) is 51.2 Å². The first-order valence-corrected chi connectivity index (χ1v) is 28.1. The summed E-state index contributed by atoms with van der Waals surface area (Å²) in [6.07, 6.45) is 9.03. The molecule has 19 nitrogen and oxygen atoms in total. The first kappa shape index (κ1) is 61.7. The van der Waals surface area contributed by atoms with Crippen molar-refractivity contribution in [3.05, 3.63) is 47.6 Å². The Morgan fingerprint density at radius 3 is 2.26 bits per heavy atom. The molecule has 6 aliphatic rings. The van der Waals surface area contributed by atoms with Crippen LogP contribution in [0.4, 0.5) is 4.79 Å². The molecule has 4 saturated heterocycles. The molecule has 4 N–H and O–H groups in total. The maximum atomic E-state index is 14.6. The minimum Gasteiger partial charge on any atom is -0.460 e. The lowest BCUT2D eigenvalue weighted by Crippen LogP contribution is -2.61. The van der Waals surface area contributed by atoms with E-state index in [4.69, 9.17) is 23.7 Å². The average molecular weight is 1080 g/mol. The summed E-state index contributed by atoms with van der Waals surface area (Å²) in [5.41, 5.74) is 1.09. The van der Waals surface area contributed by atoms with E-state index in [1.54, 1.807) is 40.9 Å². The molecule has 77 heavy (non-hydrogen) atoms. The van der Waals surface area contributed by atoms with Crippen LogP contribution < -0.4 is 0 Å². The molecule has 1 saturated carbocycles. The van der Waals surface area contributed by atoms with E-state index in [1.165, 1.54) is 12.0 Å². The number of imide groups is 1. The topological polar surface area (TPSA) is 256 Å². The van der Waals surface area contributed by atoms with Gasteiger partial charge in [-0.3, -0.25) is 28.9 Å². The number of rotatable bonds is 9. The van der Waals surface area contributed by atoms with Gasteiger partial charge < -0.3 is 53.9 Å². The number of allylic oxidation sites excluding steroid dienone is 6. The highest BCUT2D eigenvalue weighted by atomic mass is 16.6. The second-order valence-corrected chi connectivity index (χ2v) is 23.0. The summed E-state index contributed by atoms with van der Waals surface area (Å²) in [4.78, 5) is 102. The molecule has 2 bridgehead atoms. The highest BCUT2D eigenvalue weighted by Crippen LogP contribution is 2.39. The van der Waals surface area contributed by atoms with Crippen molar-refractivity contribution in [1.29, 1.82) is 0 Å². The second-order valence-electron chi connectivity index (χ2n) is 23.0. The summed E-state index contributed by atoms with van der Waals surface area (Å²) in [7, 11) is 2.91. The van der Waals surface area contributed by atoms with Gasteiger partial charge in [0.25, 0.3) is 17.6 Å². The van der Waals surface area contributed by atoms with Gasteiger partial charge in [-0.05, 0) is 107 Å². The fraction of sp³-hybridized carbons (Fsp3) is 0.741. The van der Waals surface area contributed by atoms with E-state index in [0.717, 1.165) is 15.4 Å². The maximum absolute atomic E-state index is 14.6. The number of aliphatic hydroxyl groups excluding tert-OH is 3. The molecule has 1 aliphatic carbocycles. The van der Waals surface area contributed by atoms with Crippen LogP contribution in [0.25, 0.3) is 0 Å². The van der Waals surface area contributed by atoms with Crippen molar-refractivity contribution < 1.29 is 77.7 Å². The lowest BCUT2D eigenvalue weighted by molar-refractivity contribution is -0.266. The zero-order valence-electron chi connectivity index (χ0n) is 46.8. The van der Waals surface area contributed by atoms with Crippen LogP contribution in [0.1, 0.15) is 132 Å². The number of Topliss-reactive ketones (excluding diaryl/α,β-unsaturated/α-hetero) is 3. The number of aliphatic hydroxyl groups is 4. The highest BCUT2D eigenvalue weighted by molar-refractivity contribution is 6.39. The molecule has 0 spiro atoms. The van der Waals surface area contributed by atoms with Crippen molar-refractivity contribution in [2.45, 2.75) is 199 Å². The molecule has 4 amide bonds. The fourth-order valence-corrected chi connectivity index (χ4v) is 12.3. The molecule has 430 valence electrons. The standard InChI is InChI=1S/C58H87N3O16/c1-33-15-11-10-12-16-34(2)47(75-42-29-44-54(68)60(23-24-62)57(71)61(44)32-42)30-41-20-18-39(7)58(72,77-41)53(67)55(69)59-22-14-13-17-43(59)56(70)76-48(36(4)27-40-19-21-45(63)49(28-40)73-8)31-46(64)35(3)26-38(6)51(66)52(74-9)50(65)37(5)25-33/h10-12,15-16,26,33,35-37,39-45,47-49,51-52,62-63,66,72H,13-14,17-25,27-32H2,1-9H3/b12-10+,15-11+,34-16+,38-26+/t33-,35-,36-,37-,39-,40+,41+,42-,43+,44+,45-,47+,48+,49-,51-,52+,58-/m1/s1. The molecule has 5 aliphatic heterocycles. The predicted molar refractivity (Wildman–Crippen MR) is 282 cm³/mol. The van der Waals surface area contributed by atoms with Gasteiger partial charge in [-0.2, -0.15) is 0 Å². The summed E-state index contributed by atoms with van der Waals surface area (Å²) in [6.45, 7) is 12.1. The van der Waals surface area contributed by atoms with E-state index < -0.39 is 108 Å². The summed E-state index contributed by atoms with van der Waals surface area (Å²) in [5, 5.41) is 43.8. The van der Waals surface area contributed by atoms with Crippen molar-refractivity contribution in [2.75, 3.05) is 40.5 Å². The third kappa shape index (κ3) is 14.9. The zero-order chi connectivity index (χ0) is 56.5. The normalized spacial score (nSPS) is 39.8. The van der Waals surface area contributed by atoms with Gasteiger partial charge in [-0.25, -0.2) is 9.59 Å². The first-order valence-electron chi connectivity index (χ1n) is 28.1. The molecule has 0 unspecified atom stereocenters.